The van der Waals surface area contributed by atoms with Crippen molar-refractivity contribution in [3.05, 3.63) is 23.8 Å². The highest BCUT2D eigenvalue weighted by molar-refractivity contribution is 6.29. The summed E-state index contributed by atoms with van der Waals surface area (Å²) in [4.78, 5) is 32.9. The van der Waals surface area contributed by atoms with E-state index in [-0.39, 0.29) is 17.3 Å². The van der Waals surface area contributed by atoms with E-state index in [1.54, 1.807) is 6.29 Å². The van der Waals surface area contributed by atoms with Crippen LogP contribution in [0, 0.1) is 0 Å². The Morgan fingerprint density at radius 2 is 1.44 bits per heavy atom. The Hall–Kier alpha value is -1.59. The number of anilines is 2. The van der Waals surface area contributed by atoms with E-state index in [9.17, 15) is 14.4 Å². The molecule has 1 aromatic carbocycles. The summed E-state index contributed by atoms with van der Waals surface area (Å²) < 4.78 is 0. The largest absolute Gasteiger partial charge is 0.325 e. The fraction of sp³-hybridized carbons (Fsp3) is 0.182. The number of benzene rings is 1. The van der Waals surface area contributed by atoms with Crippen molar-refractivity contribution in [2.45, 2.75) is 0 Å². The van der Waals surface area contributed by atoms with Gasteiger partial charge in [0.2, 0.25) is 18.1 Å². The molecule has 1 aromatic rings. The van der Waals surface area contributed by atoms with E-state index in [1.165, 1.54) is 18.2 Å². The van der Waals surface area contributed by atoms with Crippen molar-refractivity contribution >= 4 is 52.7 Å². The molecule has 2 amide bonds. The van der Waals surface area contributed by atoms with E-state index in [2.05, 4.69) is 10.6 Å². The third kappa shape index (κ3) is 4.35. The van der Waals surface area contributed by atoms with Crippen LogP contribution < -0.4 is 10.6 Å². The second-order valence-corrected chi connectivity index (χ2v) is 3.80. The molecular weight excluding hydrogens is 279 g/mol. The smallest absolute Gasteiger partial charge is 0.239 e. The highest BCUT2D eigenvalue weighted by Gasteiger charge is 2.06. The Balaban J connectivity index is 2.97. The molecule has 0 aliphatic carbocycles. The Bertz CT molecular complexity index is 441. The maximum atomic E-state index is 11.1. The molecule has 0 aliphatic rings. The van der Waals surface area contributed by atoms with Gasteiger partial charge in [0.25, 0.3) is 0 Å². The van der Waals surface area contributed by atoms with Gasteiger partial charge in [0.15, 0.2) is 0 Å². The van der Waals surface area contributed by atoms with Crippen LogP contribution in [0.25, 0.3) is 0 Å². The number of carbonyl (C=O) groups excluding carboxylic acids is 3. The van der Waals surface area contributed by atoms with Gasteiger partial charge >= 0.3 is 0 Å². The molecular formula is C11H9Cl2N2O3. The number of carbonyl (C=O) groups is 2. The lowest BCUT2D eigenvalue weighted by molar-refractivity contribution is -0.114. The molecule has 0 saturated carbocycles. The van der Waals surface area contributed by atoms with E-state index in [1.807, 2.05) is 0 Å². The van der Waals surface area contributed by atoms with Crippen molar-refractivity contribution in [2.24, 2.45) is 0 Å². The number of amides is 2. The summed E-state index contributed by atoms with van der Waals surface area (Å²) in [6.07, 6.45) is 1.67. The second-order valence-electron chi connectivity index (χ2n) is 3.26. The predicted octanol–water partition coefficient (Wildman–Crippen LogP) is 1.50. The molecule has 0 bridgehead atoms. The van der Waals surface area contributed by atoms with Crippen LogP contribution in [0.5, 0.6) is 0 Å². The zero-order valence-electron chi connectivity index (χ0n) is 9.13. The first-order valence-electron chi connectivity index (χ1n) is 4.84. The minimum atomic E-state index is -0.422. The van der Waals surface area contributed by atoms with Crippen LogP contribution in [0.3, 0.4) is 0 Å². The molecule has 95 valence electrons. The first kappa shape index (κ1) is 14.5. The van der Waals surface area contributed by atoms with Crippen LogP contribution in [-0.2, 0) is 14.4 Å². The molecule has 0 aliphatic heterocycles. The maximum absolute atomic E-state index is 11.1. The maximum Gasteiger partial charge on any atom is 0.239 e. The lowest BCUT2D eigenvalue weighted by atomic mass is 10.2. The Labute approximate surface area is 113 Å². The van der Waals surface area contributed by atoms with Crippen molar-refractivity contribution in [3.63, 3.8) is 0 Å². The first-order valence-corrected chi connectivity index (χ1v) is 5.91. The molecule has 1 rings (SSSR count). The summed E-state index contributed by atoms with van der Waals surface area (Å²) in [6, 6.07) is 4.30. The van der Waals surface area contributed by atoms with Crippen LogP contribution in [0.15, 0.2) is 18.2 Å². The van der Waals surface area contributed by atoms with Gasteiger partial charge in [-0.05, 0) is 18.2 Å². The third-order valence-corrected chi connectivity index (χ3v) is 2.35. The Morgan fingerprint density at radius 1 is 1.00 bits per heavy atom. The van der Waals surface area contributed by atoms with Gasteiger partial charge in [-0.3, -0.25) is 14.4 Å². The normalized spacial score (nSPS) is 9.67. The average Bonchev–Trinajstić information content (AvgIpc) is 2.37. The van der Waals surface area contributed by atoms with Gasteiger partial charge < -0.3 is 10.6 Å². The molecule has 0 atom stereocenters. The molecule has 0 aromatic heterocycles. The molecule has 0 unspecified atom stereocenters. The van der Waals surface area contributed by atoms with Crippen LogP contribution in [0.4, 0.5) is 11.4 Å². The lowest BCUT2D eigenvalue weighted by Crippen LogP contribution is -2.15. The molecule has 0 spiro atoms. The summed E-state index contributed by atoms with van der Waals surface area (Å²) in [6.45, 7) is 0. The topological polar surface area (TPSA) is 75.3 Å². The van der Waals surface area contributed by atoms with Crippen molar-refractivity contribution < 1.29 is 14.4 Å². The second kappa shape index (κ2) is 6.98. The fourth-order valence-electron chi connectivity index (χ4n) is 1.22. The molecule has 18 heavy (non-hydrogen) atoms. The van der Waals surface area contributed by atoms with Crippen LogP contribution in [0.2, 0.25) is 0 Å². The van der Waals surface area contributed by atoms with Gasteiger partial charge in [-0.2, -0.15) is 0 Å². The molecule has 2 N–H and O–H groups in total. The Morgan fingerprint density at radius 3 is 1.78 bits per heavy atom. The molecule has 0 fully saturated rings. The van der Waals surface area contributed by atoms with E-state index in [0.29, 0.717) is 11.4 Å². The molecule has 5 nitrogen and oxygen atoms in total. The third-order valence-electron chi connectivity index (χ3n) is 1.86. The lowest BCUT2D eigenvalue weighted by Gasteiger charge is -2.08. The number of nitrogens with one attached hydrogen (secondary N) is 2. The van der Waals surface area contributed by atoms with Crippen molar-refractivity contribution in [3.8, 4) is 0 Å². The van der Waals surface area contributed by atoms with Gasteiger partial charge in [0, 0.05) is 16.9 Å². The highest BCUT2D eigenvalue weighted by Crippen LogP contribution is 2.18. The van der Waals surface area contributed by atoms with Crippen molar-refractivity contribution in [1.29, 1.82) is 0 Å². The minimum Gasteiger partial charge on any atom is -0.325 e. The number of rotatable bonds is 5. The van der Waals surface area contributed by atoms with E-state index in [0.717, 1.165) is 0 Å². The molecule has 0 heterocycles. The summed E-state index contributed by atoms with van der Waals surface area (Å²) in [5.41, 5.74) is 0.866. The quantitative estimate of drug-likeness (QED) is 0.806. The van der Waals surface area contributed by atoms with Gasteiger partial charge in [-0.15, -0.1) is 23.2 Å². The first-order chi connectivity index (χ1) is 8.58. The Kier molecular flexibility index (Phi) is 5.61. The number of hydrogen-bond acceptors (Lipinski definition) is 3. The fourth-order valence-corrected chi connectivity index (χ4v) is 1.35. The number of hydrogen-bond donors (Lipinski definition) is 2. The van der Waals surface area contributed by atoms with E-state index in [4.69, 9.17) is 23.2 Å². The van der Waals surface area contributed by atoms with E-state index >= 15 is 0 Å². The zero-order valence-corrected chi connectivity index (χ0v) is 10.6. The van der Waals surface area contributed by atoms with Crippen LogP contribution >= 0.6 is 23.2 Å². The molecule has 0 saturated heterocycles. The van der Waals surface area contributed by atoms with E-state index < -0.39 is 11.8 Å². The van der Waals surface area contributed by atoms with Gasteiger partial charge in [-0.1, -0.05) is 0 Å². The zero-order chi connectivity index (χ0) is 13.5. The molecule has 7 heteroatoms. The summed E-state index contributed by atoms with van der Waals surface area (Å²) in [5.74, 6) is -1.26. The summed E-state index contributed by atoms with van der Waals surface area (Å²) >= 11 is 10.7. The number of alkyl halides is 2. The SMILES string of the molecule is O=[C]c1cc(NC(=O)CCl)cc(NC(=O)CCl)c1. The van der Waals surface area contributed by atoms with Crippen LogP contribution in [-0.4, -0.2) is 29.9 Å². The van der Waals surface area contributed by atoms with Crippen molar-refractivity contribution in [1.82, 2.24) is 0 Å². The average molecular weight is 288 g/mol. The minimum absolute atomic E-state index is 0.187. The highest BCUT2D eigenvalue weighted by atomic mass is 35.5. The molecule has 1 radical (unpaired) electrons. The van der Waals surface area contributed by atoms with Crippen LogP contribution in [0.1, 0.15) is 5.56 Å². The summed E-state index contributed by atoms with van der Waals surface area (Å²) in [5, 5.41) is 4.93. The monoisotopic (exact) mass is 287 g/mol. The number of halogens is 2. The predicted molar refractivity (Wildman–Crippen MR) is 69.9 cm³/mol. The summed E-state index contributed by atoms with van der Waals surface area (Å²) in [7, 11) is 0. The van der Waals surface area contributed by atoms with Gasteiger partial charge in [0.1, 0.15) is 11.8 Å². The van der Waals surface area contributed by atoms with Gasteiger partial charge in [-0.25, -0.2) is 0 Å². The van der Waals surface area contributed by atoms with Crippen molar-refractivity contribution in [2.75, 3.05) is 22.4 Å². The van der Waals surface area contributed by atoms with Gasteiger partial charge in [0.05, 0.1) is 0 Å². The standard InChI is InChI=1S/C11H9Cl2N2O3/c12-4-10(17)14-8-1-7(6-16)2-9(3-8)15-11(18)5-13/h1-3H,4-5H2,(H,14,17)(H,15,18).